The SMILES string of the molecule is Cn1nc(CNC(=O)COc2ccccc2)c2c1CCCC2. The standard InChI is InChI=1S/C17H21N3O2/c1-20-16-10-6-5-9-14(16)15(19-20)11-18-17(21)12-22-13-7-3-2-4-8-13/h2-4,7-8H,5-6,9-12H2,1H3,(H,18,21). The summed E-state index contributed by atoms with van der Waals surface area (Å²) in [6, 6.07) is 9.35. The Morgan fingerprint density at radius 2 is 2.05 bits per heavy atom. The molecule has 22 heavy (non-hydrogen) atoms. The summed E-state index contributed by atoms with van der Waals surface area (Å²) >= 11 is 0. The lowest BCUT2D eigenvalue weighted by molar-refractivity contribution is -0.123. The number of aryl methyl sites for hydroxylation is 1. The molecule has 3 rings (SSSR count). The third-order valence-electron chi connectivity index (χ3n) is 4.01. The second kappa shape index (κ2) is 6.64. The zero-order valence-corrected chi connectivity index (χ0v) is 12.8. The van der Waals surface area contributed by atoms with Gasteiger partial charge in [-0.3, -0.25) is 9.48 Å². The van der Waals surface area contributed by atoms with Crippen molar-refractivity contribution in [2.75, 3.05) is 6.61 Å². The minimum absolute atomic E-state index is 0.0268. The molecule has 1 N–H and O–H groups in total. The van der Waals surface area contributed by atoms with Crippen LogP contribution in [0.4, 0.5) is 0 Å². The van der Waals surface area contributed by atoms with Crippen LogP contribution >= 0.6 is 0 Å². The number of ether oxygens (including phenoxy) is 1. The average molecular weight is 299 g/mol. The van der Waals surface area contributed by atoms with Crippen molar-refractivity contribution in [3.8, 4) is 5.75 Å². The van der Waals surface area contributed by atoms with Crippen LogP contribution in [-0.4, -0.2) is 22.3 Å². The average Bonchev–Trinajstić information content (AvgIpc) is 2.89. The molecule has 0 bridgehead atoms. The first-order valence-electron chi connectivity index (χ1n) is 7.72. The summed E-state index contributed by atoms with van der Waals surface area (Å²) in [7, 11) is 1.98. The Morgan fingerprint density at radius 3 is 2.86 bits per heavy atom. The minimum Gasteiger partial charge on any atom is -0.484 e. The Morgan fingerprint density at radius 1 is 1.27 bits per heavy atom. The van der Waals surface area contributed by atoms with Crippen LogP contribution < -0.4 is 10.1 Å². The predicted molar refractivity (Wildman–Crippen MR) is 83.6 cm³/mol. The molecule has 116 valence electrons. The fraction of sp³-hybridized carbons (Fsp3) is 0.412. The van der Waals surface area contributed by atoms with Gasteiger partial charge >= 0.3 is 0 Å². The summed E-state index contributed by atoms with van der Waals surface area (Å²) in [5.41, 5.74) is 3.62. The van der Waals surface area contributed by atoms with Crippen LogP contribution in [0.1, 0.15) is 29.8 Å². The highest BCUT2D eigenvalue weighted by Gasteiger charge is 2.19. The fourth-order valence-corrected chi connectivity index (χ4v) is 2.90. The largest absolute Gasteiger partial charge is 0.484 e. The number of carbonyl (C=O) groups excluding carboxylic acids is 1. The number of amides is 1. The van der Waals surface area contributed by atoms with E-state index in [0.717, 1.165) is 18.5 Å². The maximum absolute atomic E-state index is 11.9. The van der Waals surface area contributed by atoms with E-state index in [1.54, 1.807) is 0 Å². The van der Waals surface area contributed by atoms with E-state index in [-0.39, 0.29) is 12.5 Å². The molecule has 0 atom stereocenters. The van der Waals surface area contributed by atoms with Gasteiger partial charge in [-0.25, -0.2) is 0 Å². The molecule has 1 aliphatic rings. The van der Waals surface area contributed by atoms with Crippen LogP contribution in [0.15, 0.2) is 30.3 Å². The maximum atomic E-state index is 11.9. The van der Waals surface area contributed by atoms with E-state index in [4.69, 9.17) is 4.74 Å². The highest BCUT2D eigenvalue weighted by molar-refractivity contribution is 5.77. The molecule has 2 aromatic rings. The lowest BCUT2D eigenvalue weighted by atomic mass is 9.96. The van der Waals surface area contributed by atoms with Crippen LogP contribution in [0.25, 0.3) is 0 Å². The van der Waals surface area contributed by atoms with Crippen molar-refractivity contribution in [1.82, 2.24) is 15.1 Å². The van der Waals surface area contributed by atoms with Crippen molar-refractivity contribution in [3.63, 3.8) is 0 Å². The molecule has 0 saturated heterocycles. The number of nitrogens with zero attached hydrogens (tertiary/aromatic N) is 2. The van der Waals surface area contributed by atoms with Crippen molar-refractivity contribution in [2.45, 2.75) is 32.2 Å². The number of fused-ring (bicyclic) bond motifs is 1. The zero-order valence-electron chi connectivity index (χ0n) is 12.8. The smallest absolute Gasteiger partial charge is 0.258 e. The molecule has 0 spiro atoms. The van der Waals surface area contributed by atoms with Crippen molar-refractivity contribution >= 4 is 5.91 Å². The molecule has 1 heterocycles. The third kappa shape index (κ3) is 3.30. The number of para-hydroxylation sites is 1. The van der Waals surface area contributed by atoms with Crippen LogP contribution in [0.2, 0.25) is 0 Å². The number of nitrogens with one attached hydrogen (secondary N) is 1. The van der Waals surface area contributed by atoms with Gasteiger partial charge in [0.1, 0.15) is 5.75 Å². The Balaban J connectivity index is 1.53. The van der Waals surface area contributed by atoms with Crippen molar-refractivity contribution in [1.29, 1.82) is 0 Å². The van der Waals surface area contributed by atoms with Crippen LogP contribution in [0.5, 0.6) is 5.75 Å². The lowest BCUT2D eigenvalue weighted by Crippen LogP contribution is -2.29. The molecule has 1 aromatic heterocycles. The van der Waals surface area contributed by atoms with Crippen molar-refractivity contribution in [2.24, 2.45) is 7.05 Å². The molecule has 5 heteroatoms. The molecule has 0 unspecified atom stereocenters. The molecule has 1 aromatic carbocycles. The number of aromatic nitrogens is 2. The Kier molecular flexibility index (Phi) is 4.42. The van der Waals surface area contributed by atoms with E-state index in [2.05, 4.69) is 10.4 Å². The first-order chi connectivity index (χ1) is 10.7. The van der Waals surface area contributed by atoms with E-state index >= 15 is 0 Å². The topological polar surface area (TPSA) is 56.2 Å². The highest BCUT2D eigenvalue weighted by Crippen LogP contribution is 2.23. The van der Waals surface area contributed by atoms with Gasteiger partial charge in [-0.15, -0.1) is 0 Å². The molecule has 1 aliphatic carbocycles. The summed E-state index contributed by atoms with van der Waals surface area (Å²) in [4.78, 5) is 11.9. The predicted octanol–water partition coefficient (Wildman–Crippen LogP) is 1.99. The quantitative estimate of drug-likeness (QED) is 0.918. The summed E-state index contributed by atoms with van der Waals surface area (Å²) in [6.07, 6.45) is 4.58. The number of carbonyl (C=O) groups is 1. The number of benzene rings is 1. The second-order valence-electron chi connectivity index (χ2n) is 5.58. The molecule has 5 nitrogen and oxygen atoms in total. The minimum atomic E-state index is -0.126. The number of hydrogen-bond acceptors (Lipinski definition) is 3. The first-order valence-corrected chi connectivity index (χ1v) is 7.72. The van der Waals surface area contributed by atoms with Crippen molar-refractivity contribution in [3.05, 3.63) is 47.3 Å². The summed E-state index contributed by atoms with van der Waals surface area (Å²) in [5.74, 6) is 0.576. The van der Waals surface area contributed by atoms with Crippen LogP contribution in [0.3, 0.4) is 0 Å². The zero-order chi connectivity index (χ0) is 15.4. The van der Waals surface area contributed by atoms with Crippen molar-refractivity contribution < 1.29 is 9.53 Å². The van der Waals surface area contributed by atoms with Gasteiger partial charge in [0.2, 0.25) is 0 Å². The van der Waals surface area contributed by atoms with Gasteiger partial charge in [0.25, 0.3) is 5.91 Å². The van der Waals surface area contributed by atoms with Gasteiger partial charge in [0.05, 0.1) is 12.2 Å². The Bertz CT molecular complexity index is 649. The lowest BCUT2D eigenvalue weighted by Gasteiger charge is -2.12. The van der Waals surface area contributed by atoms with Gasteiger partial charge in [-0.1, -0.05) is 18.2 Å². The third-order valence-corrected chi connectivity index (χ3v) is 4.01. The molecule has 0 fully saturated rings. The normalized spacial score (nSPS) is 13.5. The van der Waals surface area contributed by atoms with E-state index in [9.17, 15) is 4.79 Å². The fourth-order valence-electron chi connectivity index (χ4n) is 2.90. The number of rotatable bonds is 5. The van der Waals surface area contributed by atoms with Gasteiger partial charge in [0, 0.05) is 12.7 Å². The van der Waals surface area contributed by atoms with Gasteiger partial charge < -0.3 is 10.1 Å². The second-order valence-corrected chi connectivity index (χ2v) is 5.58. The number of hydrogen-bond donors (Lipinski definition) is 1. The monoisotopic (exact) mass is 299 g/mol. The molecular formula is C17H21N3O2. The summed E-state index contributed by atoms with van der Waals surface area (Å²) in [6.45, 7) is 0.499. The highest BCUT2D eigenvalue weighted by atomic mass is 16.5. The summed E-state index contributed by atoms with van der Waals surface area (Å²) < 4.78 is 7.39. The van der Waals surface area contributed by atoms with Gasteiger partial charge in [0.15, 0.2) is 6.61 Å². The maximum Gasteiger partial charge on any atom is 0.258 e. The van der Waals surface area contributed by atoms with E-state index in [1.165, 1.54) is 24.1 Å². The van der Waals surface area contributed by atoms with Crippen LogP contribution in [0, 0.1) is 0 Å². The Labute approximate surface area is 130 Å². The first kappa shape index (κ1) is 14.6. The molecule has 0 saturated carbocycles. The van der Waals surface area contributed by atoms with E-state index in [1.807, 2.05) is 42.1 Å². The molecule has 0 aliphatic heterocycles. The van der Waals surface area contributed by atoms with Gasteiger partial charge in [-0.05, 0) is 43.4 Å². The van der Waals surface area contributed by atoms with E-state index in [0.29, 0.717) is 12.3 Å². The molecule has 0 radical (unpaired) electrons. The summed E-state index contributed by atoms with van der Waals surface area (Å²) in [5, 5.41) is 7.44. The Hall–Kier alpha value is -2.30. The molecular weight excluding hydrogens is 278 g/mol. The van der Waals surface area contributed by atoms with Gasteiger partial charge in [-0.2, -0.15) is 5.10 Å². The van der Waals surface area contributed by atoms with Crippen LogP contribution in [-0.2, 0) is 31.2 Å². The molecule has 1 amide bonds. The van der Waals surface area contributed by atoms with E-state index < -0.39 is 0 Å².